The van der Waals surface area contributed by atoms with Crippen molar-refractivity contribution < 1.29 is 9.53 Å². The third-order valence-corrected chi connectivity index (χ3v) is 4.39. The molecule has 0 unspecified atom stereocenters. The lowest BCUT2D eigenvalue weighted by Gasteiger charge is -2.26. The monoisotopic (exact) mass is 268 g/mol. The Labute approximate surface area is 116 Å². The molecule has 0 aromatic rings. The molecule has 0 atom stereocenters. The van der Waals surface area contributed by atoms with Gasteiger partial charge in [0.05, 0.1) is 6.10 Å². The summed E-state index contributed by atoms with van der Waals surface area (Å²) in [5.41, 5.74) is 5.86. The van der Waals surface area contributed by atoms with E-state index in [0.29, 0.717) is 12.1 Å². The fourth-order valence-electron chi connectivity index (χ4n) is 3.14. The molecule has 0 aliphatic heterocycles. The molecule has 0 bridgehead atoms. The van der Waals surface area contributed by atoms with Crippen LogP contribution < -0.4 is 11.1 Å². The van der Waals surface area contributed by atoms with Gasteiger partial charge in [0, 0.05) is 12.1 Å². The summed E-state index contributed by atoms with van der Waals surface area (Å²) in [6.07, 6.45) is 11.6. The van der Waals surface area contributed by atoms with Crippen LogP contribution in [0.15, 0.2) is 0 Å². The fourth-order valence-corrected chi connectivity index (χ4v) is 3.14. The first-order valence-electron chi connectivity index (χ1n) is 7.90. The number of carbonyl (C=O) groups is 1. The minimum atomic E-state index is 0.0572. The Kier molecular flexibility index (Phi) is 6.11. The van der Waals surface area contributed by atoms with Gasteiger partial charge in [-0.2, -0.15) is 0 Å². The molecule has 0 heterocycles. The van der Waals surface area contributed by atoms with Gasteiger partial charge < -0.3 is 15.8 Å². The molecule has 0 spiro atoms. The molecule has 0 radical (unpaired) electrons. The van der Waals surface area contributed by atoms with Crippen molar-refractivity contribution in [1.29, 1.82) is 0 Å². The Morgan fingerprint density at radius 3 is 2.26 bits per heavy atom. The number of hydrogen-bond acceptors (Lipinski definition) is 3. The zero-order valence-electron chi connectivity index (χ0n) is 11.9. The molecule has 2 fully saturated rings. The van der Waals surface area contributed by atoms with Gasteiger partial charge in [-0.05, 0) is 38.5 Å². The number of nitrogens with one attached hydrogen (secondary N) is 1. The molecule has 3 N–H and O–H groups in total. The van der Waals surface area contributed by atoms with Crippen LogP contribution in [0.5, 0.6) is 0 Å². The molecule has 2 saturated carbocycles. The Balaban J connectivity index is 1.61. The van der Waals surface area contributed by atoms with Crippen molar-refractivity contribution in [2.75, 3.05) is 6.61 Å². The van der Waals surface area contributed by atoms with Crippen molar-refractivity contribution in [2.24, 2.45) is 5.73 Å². The quantitative estimate of drug-likeness (QED) is 0.768. The maximum absolute atomic E-state index is 11.9. The summed E-state index contributed by atoms with van der Waals surface area (Å²) in [5.74, 6) is 0.0572. The second kappa shape index (κ2) is 7.85. The highest BCUT2D eigenvalue weighted by atomic mass is 16.5. The second-order valence-electron chi connectivity index (χ2n) is 6.10. The van der Waals surface area contributed by atoms with E-state index in [4.69, 9.17) is 10.5 Å². The van der Waals surface area contributed by atoms with Gasteiger partial charge in [0.1, 0.15) is 6.61 Å². The van der Waals surface area contributed by atoms with E-state index in [1.807, 2.05) is 0 Å². The lowest BCUT2D eigenvalue weighted by molar-refractivity contribution is -0.129. The van der Waals surface area contributed by atoms with Crippen LogP contribution >= 0.6 is 0 Å². The number of amides is 1. The van der Waals surface area contributed by atoms with Crippen LogP contribution in [0.4, 0.5) is 0 Å². The van der Waals surface area contributed by atoms with Gasteiger partial charge >= 0.3 is 0 Å². The highest BCUT2D eigenvalue weighted by Crippen LogP contribution is 2.20. The van der Waals surface area contributed by atoms with Crippen molar-refractivity contribution >= 4 is 5.91 Å². The highest BCUT2D eigenvalue weighted by Gasteiger charge is 2.20. The molecular weight excluding hydrogens is 240 g/mol. The lowest BCUT2D eigenvalue weighted by Crippen LogP contribution is -2.38. The van der Waals surface area contributed by atoms with Crippen LogP contribution in [0.1, 0.15) is 64.2 Å². The Morgan fingerprint density at radius 2 is 1.63 bits per heavy atom. The van der Waals surface area contributed by atoms with E-state index in [9.17, 15) is 4.79 Å². The summed E-state index contributed by atoms with van der Waals surface area (Å²) in [7, 11) is 0. The molecule has 2 aliphatic carbocycles. The average molecular weight is 268 g/mol. The summed E-state index contributed by atoms with van der Waals surface area (Å²) >= 11 is 0. The van der Waals surface area contributed by atoms with Gasteiger partial charge in [0.25, 0.3) is 0 Å². The molecule has 4 heteroatoms. The van der Waals surface area contributed by atoms with E-state index >= 15 is 0 Å². The Morgan fingerprint density at radius 1 is 1.00 bits per heavy atom. The number of ether oxygens (including phenoxy) is 1. The Bertz CT molecular complexity index is 267. The minimum Gasteiger partial charge on any atom is -0.368 e. The summed E-state index contributed by atoms with van der Waals surface area (Å²) < 4.78 is 5.70. The molecule has 4 nitrogen and oxygen atoms in total. The van der Waals surface area contributed by atoms with Crippen molar-refractivity contribution in [3.05, 3.63) is 0 Å². The molecule has 2 rings (SSSR count). The minimum absolute atomic E-state index is 0.0572. The van der Waals surface area contributed by atoms with E-state index in [0.717, 1.165) is 38.5 Å². The first kappa shape index (κ1) is 14.8. The van der Waals surface area contributed by atoms with Crippen LogP contribution in [0.3, 0.4) is 0 Å². The number of nitrogens with two attached hydrogens (primary N) is 1. The van der Waals surface area contributed by atoms with E-state index in [1.54, 1.807) is 0 Å². The van der Waals surface area contributed by atoms with Crippen molar-refractivity contribution in [3.63, 3.8) is 0 Å². The van der Waals surface area contributed by atoms with Crippen molar-refractivity contribution in [1.82, 2.24) is 5.32 Å². The summed E-state index contributed by atoms with van der Waals surface area (Å²) in [5, 5.41) is 3.12. The van der Waals surface area contributed by atoms with E-state index in [-0.39, 0.29) is 18.6 Å². The van der Waals surface area contributed by atoms with Gasteiger partial charge in [-0.3, -0.25) is 4.79 Å². The van der Waals surface area contributed by atoms with E-state index < -0.39 is 0 Å². The van der Waals surface area contributed by atoms with Crippen molar-refractivity contribution in [3.8, 4) is 0 Å². The second-order valence-corrected chi connectivity index (χ2v) is 6.10. The number of hydrogen-bond donors (Lipinski definition) is 2. The normalized spacial score (nSPS) is 29.7. The standard InChI is InChI=1S/C15H28N2O2/c16-12-7-9-14(10-8-12)19-11-15(18)17-13-5-3-1-2-4-6-13/h12-14H,1-11,16H2,(H,17,18). The van der Waals surface area contributed by atoms with Crippen LogP contribution in [0.25, 0.3) is 0 Å². The smallest absolute Gasteiger partial charge is 0.246 e. The van der Waals surface area contributed by atoms with E-state index in [1.165, 1.54) is 25.7 Å². The SMILES string of the molecule is NC1CCC(OCC(=O)NC2CCCCCC2)CC1. The fraction of sp³-hybridized carbons (Fsp3) is 0.933. The van der Waals surface area contributed by atoms with Crippen LogP contribution in [0.2, 0.25) is 0 Å². The first-order valence-corrected chi connectivity index (χ1v) is 7.90. The van der Waals surface area contributed by atoms with Gasteiger partial charge in [0.15, 0.2) is 0 Å². The summed E-state index contributed by atoms with van der Waals surface area (Å²) in [6, 6.07) is 0.707. The molecule has 110 valence electrons. The van der Waals surface area contributed by atoms with Gasteiger partial charge in [-0.25, -0.2) is 0 Å². The van der Waals surface area contributed by atoms with Crippen LogP contribution in [-0.4, -0.2) is 30.7 Å². The van der Waals surface area contributed by atoms with Crippen LogP contribution in [-0.2, 0) is 9.53 Å². The predicted molar refractivity (Wildman–Crippen MR) is 75.8 cm³/mol. The zero-order chi connectivity index (χ0) is 13.5. The van der Waals surface area contributed by atoms with Crippen LogP contribution in [0, 0.1) is 0 Å². The average Bonchev–Trinajstić information content (AvgIpc) is 2.67. The molecule has 0 aromatic heterocycles. The maximum Gasteiger partial charge on any atom is 0.246 e. The van der Waals surface area contributed by atoms with Gasteiger partial charge in [-0.1, -0.05) is 25.7 Å². The predicted octanol–water partition coefficient (Wildman–Crippen LogP) is 2.11. The summed E-state index contributed by atoms with van der Waals surface area (Å²) in [4.78, 5) is 11.9. The van der Waals surface area contributed by atoms with E-state index in [2.05, 4.69) is 5.32 Å². The number of rotatable bonds is 4. The Hall–Kier alpha value is -0.610. The molecule has 1 amide bonds. The summed E-state index contributed by atoms with van der Waals surface area (Å²) in [6.45, 7) is 0.219. The molecule has 0 saturated heterocycles. The zero-order valence-corrected chi connectivity index (χ0v) is 11.9. The lowest BCUT2D eigenvalue weighted by atomic mass is 9.94. The molecule has 0 aromatic carbocycles. The van der Waals surface area contributed by atoms with Gasteiger partial charge in [0.2, 0.25) is 5.91 Å². The third kappa shape index (κ3) is 5.49. The van der Waals surface area contributed by atoms with Crippen molar-refractivity contribution in [2.45, 2.75) is 82.4 Å². The molecular formula is C15H28N2O2. The largest absolute Gasteiger partial charge is 0.368 e. The van der Waals surface area contributed by atoms with Gasteiger partial charge in [-0.15, -0.1) is 0 Å². The first-order chi connectivity index (χ1) is 9.24. The molecule has 2 aliphatic rings. The number of carbonyl (C=O) groups excluding carboxylic acids is 1. The third-order valence-electron chi connectivity index (χ3n) is 4.39. The highest BCUT2D eigenvalue weighted by molar-refractivity contribution is 5.77. The maximum atomic E-state index is 11.9. The molecule has 19 heavy (non-hydrogen) atoms. The topological polar surface area (TPSA) is 64.3 Å².